The highest BCUT2D eigenvalue weighted by Crippen LogP contribution is 2.39. The van der Waals surface area contributed by atoms with Gasteiger partial charge in [0.2, 0.25) is 0 Å². The molecule has 33 heavy (non-hydrogen) atoms. The molecule has 2 unspecified atom stereocenters. The highest BCUT2D eigenvalue weighted by molar-refractivity contribution is 6.30. The maximum absolute atomic E-state index is 13.0. The number of nitrogens with one attached hydrogen (secondary N) is 1. The van der Waals surface area contributed by atoms with Crippen molar-refractivity contribution in [2.24, 2.45) is 4.99 Å². The van der Waals surface area contributed by atoms with Crippen molar-refractivity contribution in [2.75, 3.05) is 13.3 Å². The Bertz CT molecular complexity index is 1140. The number of halogens is 3. The molecule has 3 aromatic carbocycles. The van der Waals surface area contributed by atoms with Crippen molar-refractivity contribution >= 4 is 29.0 Å². The first kappa shape index (κ1) is 23.6. The molecule has 0 aromatic heterocycles. The number of amidine groups is 1. The lowest BCUT2D eigenvalue weighted by atomic mass is 9.86. The summed E-state index contributed by atoms with van der Waals surface area (Å²) in [4.78, 5) is 5.05. The molecule has 1 aliphatic rings. The number of hydrogen-bond donors (Lipinski definition) is 1. The normalized spacial score (nSPS) is 18.1. The number of hydrogen-bond acceptors (Lipinski definition) is 3. The third-order valence-corrected chi connectivity index (χ3v) is 6.26. The van der Waals surface area contributed by atoms with Gasteiger partial charge in [-0.05, 0) is 58.5 Å². The molecule has 0 saturated carbocycles. The van der Waals surface area contributed by atoms with E-state index < -0.39 is 6.67 Å². The van der Waals surface area contributed by atoms with Crippen LogP contribution in [0.1, 0.15) is 55.1 Å². The molecule has 2 atom stereocenters. The van der Waals surface area contributed by atoms with E-state index in [0.29, 0.717) is 21.6 Å². The van der Waals surface area contributed by atoms with Gasteiger partial charge in [0.25, 0.3) is 0 Å². The van der Waals surface area contributed by atoms with Crippen LogP contribution in [0.15, 0.2) is 71.7 Å². The number of aliphatic imine (C=N–C) groups is 1. The topological polar surface area (TPSA) is 33.6 Å². The zero-order chi connectivity index (χ0) is 23.6. The summed E-state index contributed by atoms with van der Waals surface area (Å²) in [6.45, 7) is 5.85. The number of benzene rings is 3. The monoisotopic (exact) mass is 484 g/mol. The Hall–Kier alpha value is -2.56. The van der Waals surface area contributed by atoms with Crippen molar-refractivity contribution in [2.45, 2.75) is 38.3 Å². The second-order valence-electron chi connectivity index (χ2n) is 9.15. The predicted octanol–water partition coefficient (Wildman–Crippen LogP) is 7.47. The van der Waals surface area contributed by atoms with E-state index in [1.807, 2.05) is 60.7 Å². The van der Waals surface area contributed by atoms with Crippen LogP contribution in [0.5, 0.6) is 5.75 Å². The zero-order valence-electron chi connectivity index (χ0n) is 18.9. The highest BCUT2D eigenvalue weighted by Gasteiger charge is 2.33. The summed E-state index contributed by atoms with van der Waals surface area (Å²) in [5, 5.41) is 4.94. The van der Waals surface area contributed by atoms with Crippen molar-refractivity contribution in [1.29, 1.82) is 0 Å². The van der Waals surface area contributed by atoms with Crippen molar-refractivity contribution in [3.8, 4) is 5.75 Å². The molecule has 0 radical (unpaired) electrons. The van der Waals surface area contributed by atoms with Crippen LogP contribution >= 0.6 is 23.2 Å². The van der Waals surface area contributed by atoms with Gasteiger partial charge in [0.05, 0.1) is 11.6 Å². The first-order chi connectivity index (χ1) is 15.8. The highest BCUT2D eigenvalue weighted by atomic mass is 35.5. The van der Waals surface area contributed by atoms with Gasteiger partial charge < -0.3 is 10.1 Å². The van der Waals surface area contributed by atoms with Gasteiger partial charge >= 0.3 is 0 Å². The Morgan fingerprint density at radius 3 is 2.09 bits per heavy atom. The third-order valence-electron chi connectivity index (χ3n) is 5.75. The first-order valence-corrected chi connectivity index (χ1v) is 11.7. The largest absolute Gasteiger partial charge is 0.490 e. The lowest BCUT2D eigenvalue weighted by Gasteiger charge is -2.22. The van der Waals surface area contributed by atoms with E-state index in [1.165, 1.54) is 0 Å². The van der Waals surface area contributed by atoms with Gasteiger partial charge in [-0.25, -0.2) is 4.39 Å². The van der Waals surface area contributed by atoms with Crippen LogP contribution < -0.4 is 10.1 Å². The molecule has 0 amide bonds. The summed E-state index contributed by atoms with van der Waals surface area (Å²) in [5.41, 5.74) is 3.97. The van der Waals surface area contributed by atoms with Crippen LogP contribution in [0.2, 0.25) is 10.0 Å². The van der Waals surface area contributed by atoms with Crippen LogP contribution in [0.25, 0.3) is 0 Å². The quantitative estimate of drug-likeness (QED) is 0.393. The van der Waals surface area contributed by atoms with Crippen LogP contribution in [0, 0.1) is 0 Å². The average molecular weight is 485 g/mol. The lowest BCUT2D eigenvalue weighted by molar-refractivity contribution is 0.272. The molecule has 1 aliphatic heterocycles. The molecule has 172 valence electrons. The minimum absolute atomic E-state index is 0.00486. The fourth-order valence-electron chi connectivity index (χ4n) is 3.94. The standard InChI is InChI=1S/C27H27Cl2FN2O/c1-27(2,3)19-8-13-22(23(16-19)33-15-14-30)26-31-24(17-4-9-20(28)10-5-17)25(32-26)18-6-11-21(29)12-7-18/h4-13,16,24-25H,14-15H2,1-3H3,(H,31,32). The van der Waals surface area contributed by atoms with Gasteiger partial charge in [-0.3, -0.25) is 4.99 Å². The number of nitrogens with zero attached hydrogens (tertiary/aromatic N) is 1. The van der Waals surface area contributed by atoms with E-state index in [4.69, 9.17) is 32.9 Å². The summed E-state index contributed by atoms with van der Waals surface area (Å²) in [7, 11) is 0. The van der Waals surface area contributed by atoms with E-state index >= 15 is 0 Å². The van der Waals surface area contributed by atoms with Crippen LogP contribution in [-0.4, -0.2) is 19.1 Å². The zero-order valence-corrected chi connectivity index (χ0v) is 20.4. The van der Waals surface area contributed by atoms with Gasteiger partial charge in [-0.1, -0.05) is 74.3 Å². The van der Waals surface area contributed by atoms with E-state index in [-0.39, 0.29) is 24.1 Å². The molecule has 0 fully saturated rings. The molecule has 0 spiro atoms. The molecule has 0 bridgehead atoms. The van der Waals surface area contributed by atoms with Gasteiger partial charge in [-0.2, -0.15) is 0 Å². The van der Waals surface area contributed by atoms with Crippen molar-refractivity contribution in [3.05, 3.63) is 99.0 Å². The molecule has 3 nitrogen and oxygen atoms in total. The van der Waals surface area contributed by atoms with Crippen LogP contribution in [-0.2, 0) is 5.41 Å². The van der Waals surface area contributed by atoms with Gasteiger partial charge in [0.15, 0.2) is 0 Å². The fraction of sp³-hybridized carbons (Fsp3) is 0.296. The predicted molar refractivity (Wildman–Crippen MR) is 135 cm³/mol. The third kappa shape index (κ3) is 5.34. The summed E-state index contributed by atoms with van der Waals surface area (Å²) in [6.07, 6.45) is 0. The average Bonchev–Trinajstić information content (AvgIpc) is 3.23. The number of ether oxygens (including phenoxy) is 1. The smallest absolute Gasteiger partial charge is 0.133 e. The second-order valence-corrected chi connectivity index (χ2v) is 10.0. The second kappa shape index (κ2) is 9.74. The maximum atomic E-state index is 13.0. The Labute approximate surface area is 204 Å². The SMILES string of the molecule is CC(C)(C)c1ccc(C2=NC(c3ccc(Cl)cc3)C(c3ccc(Cl)cc3)N2)c(OCCF)c1. The molecular formula is C27H27Cl2FN2O. The van der Waals surface area contributed by atoms with Crippen molar-refractivity contribution in [3.63, 3.8) is 0 Å². The molecular weight excluding hydrogens is 458 g/mol. The lowest BCUT2D eigenvalue weighted by Crippen LogP contribution is -2.26. The summed E-state index contributed by atoms with van der Waals surface area (Å²) in [6, 6.07) is 21.3. The summed E-state index contributed by atoms with van der Waals surface area (Å²) in [5.74, 6) is 1.34. The Kier molecular flexibility index (Phi) is 6.96. The Morgan fingerprint density at radius 1 is 0.909 bits per heavy atom. The van der Waals surface area contributed by atoms with E-state index in [9.17, 15) is 4.39 Å². The van der Waals surface area contributed by atoms with E-state index in [1.54, 1.807) is 0 Å². The van der Waals surface area contributed by atoms with Crippen molar-refractivity contribution in [1.82, 2.24) is 5.32 Å². The van der Waals surface area contributed by atoms with Crippen LogP contribution in [0.3, 0.4) is 0 Å². The number of rotatable bonds is 6. The summed E-state index contributed by atoms with van der Waals surface area (Å²) >= 11 is 12.2. The number of alkyl halides is 1. The maximum Gasteiger partial charge on any atom is 0.133 e. The summed E-state index contributed by atoms with van der Waals surface area (Å²) < 4.78 is 18.8. The fourth-order valence-corrected chi connectivity index (χ4v) is 4.19. The Balaban J connectivity index is 1.77. The van der Waals surface area contributed by atoms with Gasteiger partial charge in [0, 0.05) is 10.0 Å². The van der Waals surface area contributed by atoms with E-state index in [0.717, 1.165) is 22.3 Å². The molecule has 0 aliphatic carbocycles. The van der Waals surface area contributed by atoms with Gasteiger partial charge in [-0.15, -0.1) is 0 Å². The van der Waals surface area contributed by atoms with E-state index in [2.05, 4.69) is 32.2 Å². The molecule has 4 rings (SSSR count). The van der Waals surface area contributed by atoms with Crippen LogP contribution in [0.4, 0.5) is 4.39 Å². The first-order valence-electron chi connectivity index (χ1n) is 10.9. The molecule has 0 saturated heterocycles. The molecule has 6 heteroatoms. The molecule has 1 heterocycles. The van der Waals surface area contributed by atoms with Gasteiger partial charge in [0.1, 0.15) is 30.9 Å². The minimum Gasteiger partial charge on any atom is -0.490 e. The minimum atomic E-state index is -0.556. The Morgan fingerprint density at radius 2 is 1.52 bits per heavy atom. The molecule has 1 N–H and O–H groups in total. The van der Waals surface area contributed by atoms with Crippen molar-refractivity contribution < 1.29 is 9.13 Å². The molecule has 3 aromatic rings.